The third kappa shape index (κ3) is 4.45. The first-order valence-electron chi connectivity index (χ1n) is 6.36. The van der Waals surface area contributed by atoms with Crippen molar-refractivity contribution < 1.29 is 8.42 Å². The minimum atomic E-state index is -3.39. The highest BCUT2D eigenvalue weighted by molar-refractivity contribution is 9.10. The van der Waals surface area contributed by atoms with E-state index < -0.39 is 10.0 Å². The van der Waals surface area contributed by atoms with Crippen LogP contribution in [0.15, 0.2) is 33.6 Å². The van der Waals surface area contributed by atoms with Gasteiger partial charge in [-0.15, -0.1) is 11.6 Å². The molecular formula is C13H17BrClNO2S. The summed E-state index contributed by atoms with van der Waals surface area (Å²) >= 11 is 9.33. The second-order valence-corrected chi connectivity index (χ2v) is 8.22. The fourth-order valence-corrected chi connectivity index (χ4v) is 3.88. The smallest absolute Gasteiger partial charge is 0.211 e. The van der Waals surface area contributed by atoms with Gasteiger partial charge >= 0.3 is 0 Å². The predicted octanol–water partition coefficient (Wildman–Crippen LogP) is 3.53. The van der Waals surface area contributed by atoms with Crippen LogP contribution in [0.3, 0.4) is 0 Å². The maximum Gasteiger partial charge on any atom is 0.240 e. The van der Waals surface area contributed by atoms with Gasteiger partial charge < -0.3 is 0 Å². The average molecular weight is 367 g/mol. The van der Waals surface area contributed by atoms with Crippen LogP contribution in [-0.4, -0.2) is 20.3 Å². The number of halogens is 2. The number of benzene rings is 1. The summed E-state index contributed by atoms with van der Waals surface area (Å²) in [7, 11) is -3.39. The molecule has 0 amide bonds. The van der Waals surface area contributed by atoms with Gasteiger partial charge in [-0.1, -0.05) is 15.9 Å². The van der Waals surface area contributed by atoms with Gasteiger partial charge in [0, 0.05) is 16.4 Å². The minimum absolute atomic E-state index is 0.263. The lowest BCUT2D eigenvalue weighted by Gasteiger charge is -2.24. The SMILES string of the molecule is O=S(=O)(NCC1CCC(Cl)CC1)c1ccc(Br)cc1. The molecule has 1 aromatic carbocycles. The van der Waals surface area contributed by atoms with E-state index in [2.05, 4.69) is 20.7 Å². The molecule has 0 heterocycles. The summed E-state index contributed by atoms with van der Waals surface area (Å²) in [5.74, 6) is 0.403. The Morgan fingerprint density at radius 1 is 1.16 bits per heavy atom. The molecule has 0 spiro atoms. The van der Waals surface area contributed by atoms with Crippen molar-refractivity contribution in [2.75, 3.05) is 6.54 Å². The lowest BCUT2D eigenvalue weighted by Crippen LogP contribution is -2.31. The first kappa shape index (κ1) is 15.3. The molecule has 1 saturated carbocycles. The quantitative estimate of drug-likeness (QED) is 0.829. The first-order chi connectivity index (χ1) is 8.97. The zero-order valence-electron chi connectivity index (χ0n) is 10.5. The van der Waals surface area contributed by atoms with E-state index in [1.165, 1.54) is 0 Å². The predicted molar refractivity (Wildman–Crippen MR) is 80.9 cm³/mol. The molecule has 19 heavy (non-hydrogen) atoms. The lowest BCUT2D eigenvalue weighted by atomic mass is 9.89. The molecule has 1 aliphatic rings. The number of alkyl halides is 1. The number of rotatable bonds is 4. The molecular weight excluding hydrogens is 350 g/mol. The van der Waals surface area contributed by atoms with Gasteiger partial charge in [0.25, 0.3) is 0 Å². The van der Waals surface area contributed by atoms with Crippen LogP contribution in [0, 0.1) is 5.92 Å². The molecule has 6 heteroatoms. The van der Waals surface area contributed by atoms with Crippen LogP contribution >= 0.6 is 27.5 Å². The van der Waals surface area contributed by atoms with E-state index in [4.69, 9.17) is 11.6 Å². The molecule has 1 N–H and O–H groups in total. The van der Waals surface area contributed by atoms with Gasteiger partial charge in [0.1, 0.15) is 0 Å². The Balaban J connectivity index is 1.92. The van der Waals surface area contributed by atoms with E-state index in [1.807, 2.05) is 0 Å². The van der Waals surface area contributed by atoms with Gasteiger partial charge in [-0.25, -0.2) is 13.1 Å². The molecule has 0 saturated heterocycles. The Hall–Kier alpha value is -0.100. The molecule has 0 unspecified atom stereocenters. The Labute approximate surface area is 127 Å². The molecule has 0 bridgehead atoms. The van der Waals surface area contributed by atoms with Crippen LogP contribution in [0.5, 0.6) is 0 Å². The number of sulfonamides is 1. The Bertz CT molecular complexity index is 510. The summed E-state index contributed by atoms with van der Waals surface area (Å²) in [6.07, 6.45) is 3.95. The Kier molecular flexibility index (Phi) is 5.29. The summed E-state index contributed by atoms with van der Waals surface area (Å²) in [5, 5.41) is 0.263. The molecule has 0 aromatic heterocycles. The van der Waals surface area contributed by atoms with Crippen molar-refractivity contribution in [1.82, 2.24) is 4.72 Å². The molecule has 3 nitrogen and oxygen atoms in total. The number of hydrogen-bond acceptors (Lipinski definition) is 2. The zero-order chi connectivity index (χ0) is 13.9. The monoisotopic (exact) mass is 365 g/mol. The molecule has 106 valence electrons. The van der Waals surface area contributed by atoms with Crippen molar-refractivity contribution in [3.05, 3.63) is 28.7 Å². The van der Waals surface area contributed by atoms with Gasteiger partial charge in [-0.05, 0) is 55.9 Å². The maximum atomic E-state index is 12.1. The van der Waals surface area contributed by atoms with Crippen molar-refractivity contribution in [2.45, 2.75) is 36.0 Å². The van der Waals surface area contributed by atoms with Crippen molar-refractivity contribution >= 4 is 37.6 Å². The third-order valence-corrected chi connectivity index (χ3v) is 5.87. The Morgan fingerprint density at radius 2 is 1.74 bits per heavy atom. The molecule has 1 fully saturated rings. The topological polar surface area (TPSA) is 46.2 Å². The van der Waals surface area contributed by atoms with Crippen LogP contribution < -0.4 is 4.72 Å². The van der Waals surface area contributed by atoms with E-state index in [9.17, 15) is 8.42 Å². The molecule has 0 atom stereocenters. The van der Waals surface area contributed by atoms with Crippen molar-refractivity contribution in [3.8, 4) is 0 Å². The van der Waals surface area contributed by atoms with Crippen molar-refractivity contribution in [2.24, 2.45) is 5.92 Å². The van der Waals surface area contributed by atoms with Crippen LogP contribution in [0.1, 0.15) is 25.7 Å². The minimum Gasteiger partial charge on any atom is -0.211 e. The van der Waals surface area contributed by atoms with Crippen molar-refractivity contribution in [1.29, 1.82) is 0 Å². The second kappa shape index (κ2) is 6.57. The van der Waals surface area contributed by atoms with Gasteiger partial charge in [0.2, 0.25) is 10.0 Å². The lowest BCUT2D eigenvalue weighted by molar-refractivity contribution is 0.361. The van der Waals surface area contributed by atoms with Crippen LogP contribution in [0.4, 0.5) is 0 Å². The highest BCUT2D eigenvalue weighted by Crippen LogP contribution is 2.27. The maximum absolute atomic E-state index is 12.1. The number of hydrogen-bond donors (Lipinski definition) is 1. The van der Waals surface area contributed by atoms with Crippen LogP contribution in [0.25, 0.3) is 0 Å². The molecule has 1 aliphatic carbocycles. The third-order valence-electron chi connectivity index (χ3n) is 3.46. The normalized spacial score (nSPS) is 24.3. The largest absolute Gasteiger partial charge is 0.240 e. The molecule has 1 aromatic rings. The summed E-state index contributed by atoms with van der Waals surface area (Å²) < 4.78 is 27.8. The van der Waals surface area contributed by atoms with Crippen LogP contribution in [-0.2, 0) is 10.0 Å². The summed E-state index contributed by atoms with van der Waals surface area (Å²) in [6, 6.07) is 6.66. The Morgan fingerprint density at radius 3 is 2.32 bits per heavy atom. The molecule has 2 rings (SSSR count). The van der Waals surface area contributed by atoms with E-state index in [0.717, 1.165) is 30.2 Å². The van der Waals surface area contributed by atoms with Crippen LogP contribution in [0.2, 0.25) is 0 Å². The van der Waals surface area contributed by atoms with Crippen molar-refractivity contribution in [3.63, 3.8) is 0 Å². The van der Waals surface area contributed by atoms with E-state index in [-0.39, 0.29) is 5.38 Å². The second-order valence-electron chi connectivity index (χ2n) is 4.92. The number of nitrogens with one attached hydrogen (secondary N) is 1. The zero-order valence-corrected chi connectivity index (χ0v) is 13.6. The molecule has 0 aliphatic heterocycles. The van der Waals surface area contributed by atoms with E-state index >= 15 is 0 Å². The highest BCUT2D eigenvalue weighted by atomic mass is 79.9. The molecule has 0 radical (unpaired) electrons. The first-order valence-corrected chi connectivity index (χ1v) is 9.08. The van der Waals surface area contributed by atoms with Gasteiger partial charge in [-0.3, -0.25) is 0 Å². The van der Waals surface area contributed by atoms with Gasteiger partial charge in [0.05, 0.1) is 4.90 Å². The fourth-order valence-electron chi connectivity index (χ4n) is 2.25. The fraction of sp³-hybridized carbons (Fsp3) is 0.538. The van der Waals surface area contributed by atoms with Gasteiger partial charge in [-0.2, -0.15) is 0 Å². The summed E-state index contributed by atoms with van der Waals surface area (Å²) in [4.78, 5) is 0.307. The summed E-state index contributed by atoms with van der Waals surface area (Å²) in [6.45, 7) is 0.502. The average Bonchev–Trinajstić information content (AvgIpc) is 2.39. The standard InChI is InChI=1S/C13H17BrClNO2S/c14-11-3-7-13(8-4-11)19(17,18)16-9-10-1-5-12(15)6-2-10/h3-4,7-8,10,12,16H,1-2,5-6,9H2. The van der Waals surface area contributed by atoms with Gasteiger partial charge in [0.15, 0.2) is 0 Å². The van der Waals surface area contributed by atoms with E-state index in [0.29, 0.717) is 17.4 Å². The summed E-state index contributed by atoms with van der Waals surface area (Å²) in [5.41, 5.74) is 0. The van der Waals surface area contributed by atoms with E-state index in [1.54, 1.807) is 24.3 Å². The highest BCUT2D eigenvalue weighted by Gasteiger charge is 2.22.